The Morgan fingerprint density at radius 1 is 1.20 bits per heavy atom. The van der Waals surface area contributed by atoms with Crippen LogP contribution < -0.4 is 10.1 Å². The van der Waals surface area contributed by atoms with E-state index in [0.717, 1.165) is 29.7 Å². The number of nitrogens with one attached hydrogen (secondary N) is 1. The highest BCUT2D eigenvalue weighted by atomic mass is 16.5. The average Bonchev–Trinajstić information content (AvgIpc) is 2.90. The summed E-state index contributed by atoms with van der Waals surface area (Å²) in [5.41, 5.74) is 0.323. The topological polar surface area (TPSA) is 79.0 Å². The summed E-state index contributed by atoms with van der Waals surface area (Å²) in [7, 11) is 0. The van der Waals surface area contributed by atoms with Gasteiger partial charge < -0.3 is 15.0 Å². The third-order valence-corrected chi connectivity index (χ3v) is 5.97. The molecule has 2 heterocycles. The normalized spacial score (nSPS) is 26.5. The van der Waals surface area contributed by atoms with E-state index in [-0.39, 0.29) is 24.5 Å². The zero-order valence-corrected chi connectivity index (χ0v) is 18.2. The number of hydrogen-bond acceptors (Lipinski definition) is 4. The van der Waals surface area contributed by atoms with Gasteiger partial charge in [0.05, 0.1) is 0 Å². The van der Waals surface area contributed by atoms with Gasteiger partial charge in [-0.1, -0.05) is 18.7 Å². The fourth-order valence-corrected chi connectivity index (χ4v) is 4.26. The molecular formula is C23H31N3O4. The Morgan fingerprint density at radius 2 is 1.80 bits per heavy atom. The highest BCUT2D eigenvalue weighted by Gasteiger charge is 2.50. The van der Waals surface area contributed by atoms with Crippen molar-refractivity contribution < 1.29 is 19.1 Å². The lowest BCUT2D eigenvalue weighted by Gasteiger charge is -2.39. The summed E-state index contributed by atoms with van der Waals surface area (Å²) in [4.78, 5) is 41.5. The Labute approximate surface area is 178 Å². The first kappa shape index (κ1) is 21.9. The van der Waals surface area contributed by atoms with Crippen LogP contribution in [0.4, 0.5) is 4.79 Å². The van der Waals surface area contributed by atoms with Gasteiger partial charge in [0.1, 0.15) is 24.4 Å². The zero-order valence-electron chi connectivity index (χ0n) is 18.2. The Hall–Kier alpha value is -2.83. The number of urea groups is 1. The van der Waals surface area contributed by atoms with Crippen LogP contribution in [0.2, 0.25) is 0 Å². The Morgan fingerprint density at radius 3 is 2.37 bits per heavy atom. The van der Waals surface area contributed by atoms with Crippen LogP contribution in [-0.4, -0.2) is 52.9 Å². The molecule has 162 valence electrons. The molecule has 2 fully saturated rings. The van der Waals surface area contributed by atoms with Crippen molar-refractivity contribution in [2.75, 3.05) is 13.2 Å². The molecule has 3 rings (SSSR count). The molecule has 0 saturated carbocycles. The lowest BCUT2D eigenvalue weighted by Crippen LogP contribution is -2.52. The zero-order chi connectivity index (χ0) is 22.1. The summed E-state index contributed by atoms with van der Waals surface area (Å²) in [5, 5.41) is 2.76. The fraction of sp³-hybridized carbons (Fsp3) is 0.522. The van der Waals surface area contributed by atoms with E-state index in [1.54, 1.807) is 31.2 Å². The molecule has 30 heavy (non-hydrogen) atoms. The van der Waals surface area contributed by atoms with E-state index in [9.17, 15) is 14.4 Å². The molecule has 0 spiro atoms. The average molecular weight is 414 g/mol. The van der Waals surface area contributed by atoms with Crippen LogP contribution in [0.3, 0.4) is 0 Å². The quantitative estimate of drug-likeness (QED) is 0.574. The minimum Gasteiger partial charge on any atom is -0.489 e. The number of rotatable bonds is 6. The second kappa shape index (κ2) is 8.50. The number of nitrogens with zero attached hydrogens (tertiary/aromatic N) is 2. The van der Waals surface area contributed by atoms with E-state index in [1.807, 2.05) is 25.7 Å². The van der Waals surface area contributed by atoms with Crippen LogP contribution in [0.1, 0.15) is 52.5 Å². The molecule has 1 aromatic rings. The minimum atomic E-state index is -1.22. The van der Waals surface area contributed by atoms with Crippen molar-refractivity contribution in [1.82, 2.24) is 15.1 Å². The monoisotopic (exact) mass is 413 g/mol. The van der Waals surface area contributed by atoms with E-state index >= 15 is 0 Å². The van der Waals surface area contributed by atoms with Crippen molar-refractivity contribution in [2.45, 2.75) is 64.6 Å². The highest BCUT2D eigenvalue weighted by molar-refractivity contribution is 6.09. The van der Waals surface area contributed by atoms with Crippen LogP contribution in [0.5, 0.6) is 5.75 Å². The molecule has 7 nitrogen and oxygen atoms in total. The van der Waals surface area contributed by atoms with Gasteiger partial charge in [-0.05, 0) is 70.2 Å². The van der Waals surface area contributed by atoms with Gasteiger partial charge in [0, 0.05) is 12.1 Å². The van der Waals surface area contributed by atoms with E-state index in [2.05, 4.69) is 11.9 Å². The molecule has 7 heteroatoms. The first-order chi connectivity index (χ1) is 14.1. The Bertz CT molecular complexity index is 841. The number of ether oxygens (including phenoxy) is 1. The van der Waals surface area contributed by atoms with Crippen molar-refractivity contribution in [1.29, 1.82) is 0 Å². The Kier molecular flexibility index (Phi) is 6.19. The molecule has 2 saturated heterocycles. The number of carbonyl (C=O) groups is 3. The second-order valence-corrected chi connectivity index (χ2v) is 8.65. The summed E-state index contributed by atoms with van der Waals surface area (Å²) in [6, 6.07) is 6.70. The number of hydrogen-bond donors (Lipinski definition) is 1. The van der Waals surface area contributed by atoms with Gasteiger partial charge in [0.25, 0.3) is 5.91 Å². The van der Waals surface area contributed by atoms with Gasteiger partial charge in [-0.3, -0.25) is 14.5 Å². The smallest absolute Gasteiger partial charge is 0.325 e. The summed E-state index contributed by atoms with van der Waals surface area (Å²) >= 11 is 0. The van der Waals surface area contributed by atoms with Crippen molar-refractivity contribution in [3.63, 3.8) is 0 Å². The maximum Gasteiger partial charge on any atom is 0.325 e. The molecule has 0 aromatic heterocycles. The molecule has 2 aliphatic rings. The molecule has 1 aromatic carbocycles. The van der Waals surface area contributed by atoms with Crippen LogP contribution >= 0.6 is 0 Å². The summed E-state index contributed by atoms with van der Waals surface area (Å²) in [5.74, 6) is 0.0435. The molecule has 3 unspecified atom stereocenters. The molecular weight excluding hydrogens is 382 g/mol. The van der Waals surface area contributed by atoms with Gasteiger partial charge in [0.15, 0.2) is 0 Å². The molecule has 0 radical (unpaired) electrons. The predicted octanol–water partition coefficient (Wildman–Crippen LogP) is 3.20. The lowest BCUT2D eigenvalue weighted by atomic mass is 9.92. The van der Waals surface area contributed by atoms with Crippen molar-refractivity contribution >= 4 is 17.8 Å². The summed E-state index contributed by atoms with van der Waals surface area (Å²) in [6.07, 6.45) is 2.96. The molecule has 4 amide bonds. The van der Waals surface area contributed by atoms with Gasteiger partial charge in [0.2, 0.25) is 5.91 Å². The molecule has 3 atom stereocenters. The fourth-order valence-electron chi connectivity index (χ4n) is 4.26. The number of amides is 4. The van der Waals surface area contributed by atoms with E-state index in [0.29, 0.717) is 17.9 Å². The van der Waals surface area contributed by atoms with Crippen LogP contribution in [0.15, 0.2) is 36.4 Å². The van der Waals surface area contributed by atoms with Crippen molar-refractivity contribution in [3.05, 3.63) is 42.0 Å². The van der Waals surface area contributed by atoms with Crippen molar-refractivity contribution in [3.8, 4) is 5.75 Å². The summed E-state index contributed by atoms with van der Waals surface area (Å²) in [6.45, 7) is 11.5. The van der Waals surface area contributed by atoms with Crippen LogP contribution in [0, 0.1) is 0 Å². The summed E-state index contributed by atoms with van der Waals surface area (Å²) < 4.78 is 5.59. The van der Waals surface area contributed by atoms with Gasteiger partial charge in [-0.25, -0.2) is 4.79 Å². The Balaban J connectivity index is 1.73. The third kappa shape index (κ3) is 4.20. The van der Waals surface area contributed by atoms with E-state index < -0.39 is 17.5 Å². The number of piperidine rings is 1. The van der Waals surface area contributed by atoms with Gasteiger partial charge >= 0.3 is 6.03 Å². The largest absolute Gasteiger partial charge is 0.489 e. The standard InChI is InChI=1S/C23H31N3O4/c1-15(2)14-30-19-11-9-18(10-12-19)23(5)21(28)25(22(29)24-23)13-20(27)26-16(3)7-6-8-17(26)4/h9-12,16-17H,1,6-8,13-14H2,2-5H3,(H,24,29). The molecule has 2 aliphatic heterocycles. The lowest BCUT2D eigenvalue weighted by molar-refractivity contribution is -0.142. The maximum absolute atomic E-state index is 13.1. The number of carbonyl (C=O) groups excluding carboxylic acids is 3. The van der Waals surface area contributed by atoms with E-state index in [1.165, 1.54) is 0 Å². The molecule has 1 N–H and O–H groups in total. The van der Waals surface area contributed by atoms with Crippen LogP contribution in [0.25, 0.3) is 0 Å². The van der Waals surface area contributed by atoms with Crippen LogP contribution in [-0.2, 0) is 15.1 Å². The SMILES string of the molecule is C=C(C)COc1ccc(C2(C)NC(=O)N(CC(=O)N3C(C)CCCC3C)C2=O)cc1. The molecule has 0 bridgehead atoms. The molecule has 0 aliphatic carbocycles. The maximum atomic E-state index is 13.1. The predicted molar refractivity (Wildman–Crippen MR) is 114 cm³/mol. The van der Waals surface area contributed by atoms with Gasteiger partial charge in [-0.15, -0.1) is 0 Å². The first-order valence-electron chi connectivity index (χ1n) is 10.5. The minimum absolute atomic E-state index is 0.111. The van der Waals surface area contributed by atoms with E-state index in [4.69, 9.17) is 4.74 Å². The van der Waals surface area contributed by atoms with Crippen molar-refractivity contribution in [2.24, 2.45) is 0 Å². The number of benzene rings is 1. The number of likely N-dealkylation sites (tertiary alicyclic amines) is 1. The number of imide groups is 1. The third-order valence-electron chi connectivity index (χ3n) is 5.97. The second-order valence-electron chi connectivity index (χ2n) is 8.65. The van der Waals surface area contributed by atoms with Gasteiger partial charge in [-0.2, -0.15) is 0 Å². The highest BCUT2D eigenvalue weighted by Crippen LogP contribution is 2.31. The first-order valence-corrected chi connectivity index (χ1v) is 10.5.